The summed E-state index contributed by atoms with van der Waals surface area (Å²) in [6.45, 7) is 4.99. The summed E-state index contributed by atoms with van der Waals surface area (Å²) in [6.07, 6.45) is 2.20. The lowest BCUT2D eigenvalue weighted by molar-refractivity contribution is -0.134. The highest BCUT2D eigenvalue weighted by molar-refractivity contribution is 5.85. The highest BCUT2D eigenvalue weighted by atomic mass is 16.2. The van der Waals surface area contributed by atoms with Crippen molar-refractivity contribution in [2.75, 3.05) is 13.1 Å². The molecule has 0 aromatic carbocycles. The predicted molar refractivity (Wildman–Crippen MR) is 43.0 cm³/mol. The minimum Gasteiger partial charge on any atom is -0.341 e. The second kappa shape index (κ2) is 2.81. The van der Waals surface area contributed by atoms with Gasteiger partial charge in [-0.1, -0.05) is 0 Å². The average molecular weight is 155 g/mol. The molecule has 0 aromatic rings. The fourth-order valence-electron chi connectivity index (χ4n) is 1.32. The number of carbonyl (C=O) groups is 1. The molecule has 3 heteroatoms. The molecule has 0 bridgehead atoms. The molecule has 1 rings (SSSR count). The van der Waals surface area contributed by atoms with Crippen molar-refractivity contribution in [3.63, 3.8) is 0 Å². The highest BCUT2D eigenvalue weighted by Gasteiger charge is 2.29. The van der Waals surface area contributed by atoms with E-state index in [4.69, 9.17) is 5.73 Å². The number of hydrogen-bond donors (Lipinski definition) is 0. The molecule has 1 heterocycles. The molecule has 0 unspecified atom stereocenters. The molecule has 1 amide bonds. The zero-order valence-corrected chi connectivity index (χ0v) is 7.18. The molecule has 1 radical (unpaired) electrons. The molecule has 1 fully saturated rings. The van der Waals surface area contributed by atoms with Crippen LogP contribution in [0.5, 0.6) is 0 Å². The van der Waals surface area contributed by atoms with Crippen LogP contribution in [0.15, 0.2) is 0 Å². The Morgan fingerprint density at radius 3 is 2.18 bits per heavy atom. The molecular weight excluding hydrogens is 140 g/mol. The second-order valence-electron chi connectivity index (χ2n) is 3.62. The molecule has 1 N–H and O–H groups in total. The van der Waals surface area contributed by atoms with Crippen molar-refractivity contribution in [2.24, 2.45) is 0 Å². The summed E-state index contributed by atoms with van der Waals surface area (Å²) >= 11 is 0. The molecule has 3 nitrogen and oxygen atoms in total. The molecule has 0 saturated carbocycles. The van der Waals surface area contributed by atoms with Gasteiger partial charge in [-0.25, -0.2) is 5.73 Å². The fraction of sp³-hybridized carbons (Fsp3) is 0.875. The van der Waals surface area contributed by atoms with E-state index in [0.29, 0.717) is 0 Å². The number of nitrogens with zero attached hydrogens (tertiary/aromatic N) is 1. The first-order valence-corrected chi connectivity index (χ1v) is 4.06. The number of rotatable bonds is 1. The van der Waals surface area contributed by atoms with E-state index >= 15 is 0 Å². The Hall–Kier alpha value is -0.570. The minimum atomic E-state index is -0.940. The Kier molecular flexibility index (Phi) is 2.18. The quantitative estimate of drug-likeness (QED) is 0.549. The van der Waals surface area contributed by atoms with Gasteiger partial charge in [-0.05, 0) is 26.7 Å². The van der Waals surface area contributed by atoms with Crippen LogP contribution in [-0.4, -0.2) is 29.4 Å². The maximum Gasteiger partial charge on any atom is 0.243 e. The standard InChI is InChI=1S/C8H15N2O/c1-8(2,9)7(11)10-5-3-4-6-10/h9H,3-6H2,1-2H3. The van der Waals surface area contributed by atoms with E-state index in [1.807, 2.05) is 0 Å². The Bertz CT molecular complexity index is 154. The summed E-state index contributed by atoms with van der Waals surface area (Å²) in [5.74, 6) is -0.0324. The van der Waals surface area contributed by atoms with Crippen molar-refractivity contribution >= 4 is 5.91 Å². The number of likely N-dealkylation sites (tertiary alicyclic amines) is 1. The van der Waals surface area contributed by atoms with Gasteiger partial charge in [-0.15, -0.1) is 0 Å². The Morgan fingerprint density at radius 1 is 1.36 bits per heavy atom. The Balaban J connectivity index is 2.53. The average Bonchev–Trinajstić information content (AvgIpc) is 2.34. The molecule has 1 aliphatic heterocycles. The largest absolute Gasteiger partial charge is 0.341 e. The lowest BCUT2D eigenvalue weighted by Crippen LogP contribution is -2.44. The van der Waals surface area contributed by atoms with Crippen molar-refractivity contribution in [3.05, 3.63) is 0 Å². The van der Waals surface area contributed by atoms with Crippen LogP contribution in [0.3, 0.4) is 0 Å². The summed E-state index contributed by atoms with van der Waals surface area (Å²) in [4.78, 5) is 13.2. The zero-order chi connectivity index (χ0) is 8.48. The van der Waals surface area contributed by atoms with Crippen molar-refractivity contribution in [3.8, 4) is 0 Å². The third kappa shape index (κ3) is 1.93. The highest BCUT2D eigenvalue weighted by Crippen LogP contribution is 2.13. The van der Waals surface area contributed by atoms with Crippen LogP contribution in [0, 0.1) is 0 Å². The van der Waals surface area contributed by atoms with E-state index in [9.17, 15) is 4.79 Å². The van der Waals surface area contributed by atoms with Crippen LogP contribution in [0.2, 0.25) is 0 Å². The van der Waals surface area contributed by atoms with Crippen LogP contribution < -0.4 is 5.73 Å². The van der Waals surface area contributed by atoms with Gasteiger partial charge in [0.1, 0.15) is 5.54 Å². The van der Waals surface area contributed by atoms with Crippen LogP contribution in [-0.2, 0) is 4.79 Å². The van der Waals surface area contributed by atoms with Gasteiger partial charge in [-0.3, -0.25) is 4.79 Å². The topological polar surface area (TPSA) is 44.1 Å². The number of hydrogen-bond acceptors (Lipinski definition) is 1. The fourth-order valence-corrected chi connectivity index (χ4v) is 1.32. The molecule has 0 aliphatic carbocycles. The van der Waals surface area contributed by atoms with Crippen LogP contribution in [0.25, 0.3) is 0 Å². The Labute approximate surface area is 67.5 Å². The molecule has 11 heavy (non-hydrogen) atoms. The zero-order valence-electron chi connectivity index (χ0n) is 7.18. The van der Waals surface area contributed by atoms with Gasteiger partial charge >= 0.3 is 0 Å². The van der Waals surface area contributed by atoms with Crippen molar-refractivity contribution in [1.82, 2.24) is 10.6 Å². The van der Waals surface area contributed by atoms with Gasteiger partial charge in [-0.2, -0.15) is 0 Å². The first-order chi connectivity index (χ1) is 5.02. The molecular formula is C8H15N2O. The van der Waals surface area contributed by atoms with Gasteiger partial charge in [0.2, 0.25) is 5.91 Å². The van der Waals surface area contributed by atoms with Crippen molar-refractivity contribution < 1.29 is 4.79 Å². The van der Waals surface area contributed by atoms with E-state index in [1.54, 1.807) is 18.7 Å². The van der Waals surface area contributed by atoms with Crippen molar-refractivity contribution in [1.29, 1.82) is 0 Å². The summed E-state index contributed by atoms with van der Waals surface area (Å²) < 4.78 is 0. The van der Waals surface area contributed by atoms with Gasteiger partial charge in [0.05, 0.1) is 0 Å². The number of amides is 1. The third-order valence-electron chi connectivity index (χ3n) is 1.93. The van der Waals surface area contributed by atoms with Gasteiger partial charge in [0.25, 0.3) is 0 Å². The van der Waals surface area contributed by atoms with Gasteiger partial charge < -0.3 is 4.90 Å². The van der Waals surface area contributed by atoms with E-state index in [1.165, 1.54) is 0 Å². The van der Waals surface area contributed by atoms with E-state index in [0.717, 1.165) is 25.9 Å². The van der Waals surface area contributed by atoms with Crippen molar-refractivity contribution in [2.45, 2.75) is 32.2 Å². The SMILES string of the molecule is CC(C)([NH])C(=O)N1CCCC1. The van der Waals surface area contributed by atoms with Crippen LogP contribution in [0.4, 0.5) is 0 Å². The maximum atomic E-state index is 11.4. The monoisotopic (exact) mass is 155 g/mol. The van der Waals surface area contributed by atoms with E-state index < -0.39 is 5.54 Å². The molecule has 63 valence electrons. The van der Waals surface area contributed by atoms with E-state index in [2.05, 4.69) is 0 Å². The van der Waals surface area contributed by atoms with Gasteiger partial charge in [0.15, 0.2) is 0 Å². The first kappa shape index (κ1) is 8.53. The predicted octanol–water partition coefficient (Wildman–Crippen LogP) is 0.670. The summed E-state index contributed by atoms with van der Waals surface area (Å²) in [5, 5.41) is 0. The number of carbonyl (C=O) groups excluding carboxylic acids is 1. The first-order valence-electron chi connectivity index (χ1n) is 4.06. The lowest BCUT2D eigenvalue weighted by Gasteiger charge is -2.24. The summed E-state index contributed by atoms with van der Waals surface area (Å²) in [6, 6.07) is 0. The lowest BCUT2D eigenvalue weighted by atomic mass is 10.1. The Morgan fingerprint density at radius 2 is 1.82 bits per heavy atom. The summed E-state index contributed by atoms with van der Waals surface area (Å²) in [5.41, 5.74) is 6.57. The molecule has 0 atom stereocenters. The molecule has 0 spiro atoms. The minimum absolute atomic E-state index is 0.0324. The summed E-state index contributed by atoms with van der Waals surface area (Å²) in [7, 11) is 0. The normalized spacial score (nSPS) is 19.0. The molecule has 1 aliphatic rings. The molecule has 1 saturated heterocycles. The van der Waals surface area contributed by atoms with E-state index in [-0.39, 0.29) is 5.91 Å². The second-order valence-corrected chi connectivity index (χ2v) is 3.62. The smallest absolute Gasteiger partial charge is 0.243 e. The van der Waals surface area contributed by atoms with Crippen LogP contribution >= 0.6 is 0 Å². The van der Waals surface area contributed by atoms with Gasteiger partial charge in [0, 0.05) is 13.1 Å². The molecule has 0 aromatic heterocycles. The maximum absolute atomic E-state index is 11.4. The van der Waals surface area contributed by atoms with Crippen LogP contribution in [0.1, 0.15) is 26.7 Å². The number of nitrogens with one attached hydrogen (secondary N) is 1. The third-order valence-corrected chi connectivity index (χ3v) is 1.93.